The number of aliphatic imine (C=N–C) groups is 1. The van der Waals surface area contributed by atoms with E-state index in [0.717, 1.165) is 22.0 Å². The van der Waals surface area contributed by atoms with Gasteiger partial charge in [-0.2, -0.15) is 0 Å². The molecule has 2 aliphatic heterocycles. The predicted octanol–water partition coefficient (Wildman–Crippen LogP) is 2.61. The Morgan fingerprint density at radius 2 is 1.96 bits per heavy atom. The molecular weight excluding hydrogens is 394 g/mol. The molecule has 1 amide bonds. The Balaban J connectivity index is 1.43. The van der Waals surface area contributed by atoms with E-state index in [2.05, 4.69) is 15.6 Å². The van der Waals surface area contributed by atoms with Crippen molar-refractivity contribution in [3.8, 4) is 0 Å². The molecule has 2 N–H and O–H groups in total. The molecule has 6 nitrogen and oxygen atoms in total. The molecule has 2 aliphatic rings. The molecule has 2 aromatic rings. The van der Waals surface area contributed by atoms with Gasteiger partial charge >= 0.3 is 0 Å². The number of amidine groups is 1. The number of anilines is 1. The van der Waals surface area contributed by atoms with Gasteiger partial charge in [-0.15, -0.1) is 0 Å². The summed E-state index contributed by atoms with van der Waals surface area (Å²) in [4.78, 5) is 17.0. The fourth-order valence-electron chi connectivity index (χ4n) is 3.31. The van der Waals surface area contributed by atoms with Crippen molar-refractivity contribution in [2.24, 2.45) is 4.99 Å². The molecule has 2 aromatic carbocycles. The first kappa shape index (κ1) is 19.0. The number of fused-ring (bicyclic) bond motifs is 1. The van der Waals surface area contributed by atoms with E-state index in [0.29, 0.717) is 12.1 Å². The number of carbonyl (C=O) groups is 1. The largest absolute Gasteiger partial charge is 0.348 e. The molecule has 2 atom stereocenters. The molecule has 8 heteroatoms. The van der Waals surface area contributed by atoms with Gasteiger partial charge in [0.05, 0.1) is 17.5 Å². The second kappa shape index (κ2) is 7.60. The second-order valence-corrected chi connectivity index (χ2v) is 10.4. The topological polar surface area (TPSA) is 87.6 Å². The third kappa shape index (κ3) is 4.23. The van der Waals surface area contributed by atoms with Crippen molar-refractivity contribution in [1.29, 1.82) is 0 Å². The van der Waals surface area contributed by atoms with Gasteiger partial charge in [-0.3, -0.25) is 9.79 Å². The number of aryl methyl sites for hydroxylation is 1. The Morgan fingerprint density at radius 1 is 1.18 bits per heavy atom. The van der Waals surface area contributed by atoms with Gasteiger partial charge in [-0.25, -0.2) is 8.42 Å². The van der Waals surface area contributed by atoms with E-state index in [4.69, 9.17) is 0 Å². The zero-order chi connectivity index (χ0) is 19.7. The zero-order valence-corrected chi connectivity index (χ0v) is 17.0. The number of benzene rings is 2. The fourth-order valence-corrected chi connectivity index (χ4v) is 6.98. The van der Waals surface area contributed by atoms with Gasteiger partial charge in [-0.05, 0) is 30.2 Å². The maximum atomic E-state index is 12.5. The van der Waals surface area contributed by atoms with E-state index < -0.39 is 9.84 Å². The van der Waals surface area contributed by atoms with Gasteiger partial charge < -0.3 is 10.6 Å². The van der Waals surface area contributed by atoms with Crippen LogP contribution in [0, 0.1) is 6.92 Å². The van der Waals surface area contributed by atoms with Crippen LogP contribution in [-0.4, -0.2) is 42.3 Å². The van der Waals surface area contributed by atoms with E-state index in [1.165, 1.54) is 11.8 Å². The van der Waals surface area contributed by atoms with Crippen LogP contribution in [0.25, 0.3) is 0 Å². The van der Waals surface area contributed by atoms with E-state index in [-0.39, 0.29) is 28.7 Å². The predicted molar refractivity (Wildman–Crippen MR) is 114 cm³/mol. The molecule has 0 spiro atoms. The minimum absolute atomic E-state index is 0.00911. The van der Waals surface area contributed by atoms with Crippen LogP contribution in [0.15, 0.2) is 53.5 Å². The number of thioether (sulfide) groups is 1. The molecule has 0 aromatic heterocycles. The first-order chi connectivity index (χ1) is 13.4. The van der Waals surface area contributed by atoms with Crippen LogP contribution in [0.1, 0.15) is 21.5 Å². The smallest absolute Gasteiger partial charge is 0.251 e. The number of carbonyl (C=O) groups excluding carboxylic acids is 1. The van der Waals surface area contributed by atoms with Crippen molar-refractivity contribution in [1.82, 2.24) is 5.32 Å². The summed E-state index contributed by atoms with van der Waals surface area (Å²) in [5.74, 6) is 0.158. The monoisotopic (exact) mass is 415 g/mol. The van der Waals surface area contributed by atoms with Crippen LogP contribution in [0.5, 0.6) is 0 Å². The molecule has 0 radical (unpaired) electrons. The Labute approximate surface area is 168 Å². The van der Waals surface area contributed by atoms with E-state index in [1.54, 1.807) is 6.07 Å². The van der Waals surface area contributed by atoms with Crippen molar-refractivity contribution < 1.29 is 13.2 Å². The summed E-state index contributed by atoms with van der Waals surface area (Å²) in [6, 6.07) is 15.1. The van der Waals surface area contributed by atoms with Crippen LogP contribution < -0.4 is 10.6 Å². The minimum Gasteiger partial charge on any atom is -0.348 e. The summed E-state index contributed by atoms with van der Waals surface area (Å²) in [6.07, 6.45) is 0. The summed E-state index contributed by atoms with van der Waals surface area (Å²) >= 11 is 1.47. The van der Waals surface area contributed by atoms with E-state index in [1.807, 2.05) is 49.4 Å². The van der Waals surface area contributed by atoms with Gasteiger partial charge in [-0.1, -0.05) is 48.2 Å². The highest BCUT2D eigenvalue weighted by Gasteiger charge is 2.42. The van der Waals surface area contributed by atoms with E-state index in [9.17, 15) is 13.2 Å². The first-order valence-corrected chi connectivity index (χ1v) is 11.7. The molecule has 2 heterocycles. The number of nitrogens with zero attached hydrogens (tertiary/aromatic N) is 1. The van der Waals surface area contributed by atoms with Gasteiger partial charge in [0.2, 0.25) is 0 Å². The summed E-state index contributed by atoms with van der Waals surface area (Å²) in [6.45, 7) is 2.43. The van der Waals surface area contributed by atoms with Gasteiger partial charge in [0, 0.05) is 23.0 Å². The van der Waals surface area contributed by atoms with Crippen molar-refractivity contribution in [2.45, 2.75) is 24.8 Å². The fraction of sp³-hybridized carbons (Fsp3) is 0.300. The summed E-state index contributed by atoms with van der Waals surface area (Å²) in [7, 11) is -2.97. The molecule has 0 saturated carbocycles. The van der Waals surface area contributed by atoms with Crippen LogP contribution in [0.4, 0.5) is 5.69 Å². The zero-order valence-electron chi connectivity index (χ0n) is 15.4. The quantitative estimate of drug-likeness (QED) is 0.802. The number of rotatable bonds is 4. The molecule has 0 unspecified atom stereocenters. The molecule has 0 aliphatic carbocycles. The second-order valence-electron chi connectivity index (χ2n) is 7.06. The Morgan fingerprint density at radius 3 is 2.71 bits per heavy atom. The molecular formula is C20H21N3O3S2. The SMILES string of the molecule is Cc1ccc(C(=O)NCc2ccccc2)cc1NC1=N[C@H]2CS(=O)(=O)C[C@@H]2S1. The van der Waals surface area contributed by atoms with Gasteiger partial charge in [0.25, 0.3) is 5.91 Å². The third-order valence-electron chi connectivity index (χ3n) is 4.86. The van der Waals surface area contributed by atoms with Crippen LogP contribution in [0.2, 0.25) is 0 Å². The standard InChI is InChI=1S/C20H21N3O3S2/c1-13-7-8-15(19(24)21-10-14-5-3-2-4-6-14)9-16(13)22-20-23-17-11-28(25,26)12-18(17)27-20/h2-9,17-18H,10-12H2,1H3,(H,21,24)(H,22,23)/t17-,18-/m0/s1. The highest BCUT2D eigenvalue weighted by atomic mass is 32.2. The van der Waals surface area contributed by atoms with E-state index >= 15 is 0 Å². The number of nitrogens with one attached hydrogen (secondary N) is 2. The maximum absolute atomic E-state index is 12.5. The lowest BCUT2D eigenvalue weighted by atomic mass is 10.1. The molecule has 1 fully saturated rings. The maximum Gasteiger partial charge on any atom is 0.251 e. The highest BCUT2D eigenvalue weighted by Crippen LogP contribution is 2.35. The normalized spacial score (nSPS) is 22.4. The summed E-state index contributed by atoms with van der Waals surface area (Å²) in [5.41, 5.74) is 3.41. The average Bonchev–Trinajstić information content (AvgIpc) is 3.15. The molecule has 28 heavy (non-hydrogen) atoms. The van der Waals surface area contributed by atoms with Crippen LogP contribution >= 0.6 is 11.8 Å². The van der Waals surface area contributed by atoms with Gasteiger partial charge in [0.1, 0.15) is 0 Å². The van der Waals surface area contributed by atoms with Crippen LogP contribution in [0.3, 0.4) is 0 Å². The highest BCUT2D eigenvalue weighted by molar-refractivity contribution is 8.15. The first-order valence-electron chi connectivity index (χ1n) is 9.04. The molecule has 146 valence electrons. The lowest BCUT2D eigenvalue weighted by Crippen LogP contribution is -2.23. The molecule has 0 bridgehead atoms. The number of sulfone groups is 1. The number of hydrogen-bond donors (Lipinski definition) is 2. The van der Waals surface area contributed by atoms with Crippen molar-refractivity contribution in [2.75, 3.05) is 16.8 Å². The summed E-state index contributed by atoms with van der Waals surface area (Å²) in [5, 5.41) is 6.91. The summed E-state index contributed by atoms with van der Waals surface area (Å²) < 4.78 is 23.4. The van der Waals surface area contributed by atoms with Crippen molar-refractivity contribution in [3.05, 3.63) is 65.2 Å². The van der Waals surface area contributed by atoms with Crippen molar-refractivity contribution >= 4 is 38.4 Å². The Hall–Kier alpha value is -2.32. The minimum atomic E-state index is -2.97. The van der Waals surface area contributed by atoms with Crippen LogP contribution in [-0.2, 0) is 16.4 Å². The third-order valence-corrected chi connectivity index (χ3v) is 8.00. The Kier molecular flexibility index (Phi) is 5.16. The average molecular weight is 416 g/mol. The van der Waals surface area contributed by atoms with Crippen molar-refractivity contribution in [3.63, 3.8) is 0 Å². The lowest BCUT2D eigenvalue weighted by Gasteiger charge is -2.12. The van der Waals surface area contributed by atoms with Gasteiger partial charge in [0.15, 0.2) is 15.0 Å². The lowest BCUT2D eigenvalue weighted by molar-refractivity contribution is 0.0951. The molecule has 1 saturated heterocycles. The Bertz CT molecular complexity index is 1040. The number of amides is 1. The molecule has 4 rings (SSSR count). The number of hydrogen-bond acceptors (Lipinski definition) is 6.